The SMILES string of the molecule is CC[C@H](O)Cn1ncnc1-c1cccc2cccnc12. The molecule has 3 aromatic rings. The number of rotatable bonds is 4. The topological polar surface area (TPSA) is 63.8 Å². The molecular formula is C15H16N4O. The minimum Gasteiger partial charge on any atom is -0.391 e. The lowest BCUT2D eigenvalue weighted by molar-refractivity contribution is 0.146. The number of nitrogens with zero attached hydrogens (tertiary/aromatic N) is 4. The van der Waals surface area contributed by atoms with Gasteiger partial charge in [-0.3, -0.25) is 4.98 Å². The van der Waals surface area contributed by atoms with Gasteiger partial charge < -0.3 is 5.11 Å². The van der Waals surface area contributed by atoms with E-state index in [2.05, 4.69) is 15.1 Å². The number of benzene rings is 1. The Bertz CT molecular complexity index is 717. The highest BCUT2D eigenvalue weighted by molar-refractivity contribution is 5.91. The van der Waals surface area contributed by atoms with E-state index in [1.165, 1.54) is 6.33 Å². The highest BCUT2D eigenvalue weighted by Gasteiger charge is 2.13. The van der Waals surface area contributed by atoms with Gasteiger partial charge in [-0.05, 0) is 18.6 Å². The predicted octanol–water partition coefficient (Wildman–Crippen LogP) is 2.26. The van der Waals surface area contributed by atoms with E-state index in [0.717, 1.165) is 22.3 Å². The lowest BCUT2D eigenvalue weighted by atomic mass is 10.1. The summed E-state index contributed by atoms with van der Waals surface area (Å²) in [7, 11) is 0. The van der Waals surface area contributed by atoms with Crippen LogP contribution in [0.5, 0.6) is 0 Å². The first-order valence-electron chi connectivity index (χ1n) is 6.69. The van der Waals surface area contributed by atoms with Crippen molar-refractivity contribution in [3.8, 4) is 11.4 Å². The molecule has 3 rings (SSSR count). The fourth-order valence-corrected chi connectivity index (χ4v) is 2.22. The summed E-state index contributed by atoms with van der Waals surface area (Å²) < 4.78 is 1.73. The summed E-state index contributed by atoms with van der Waals surface area (Å²) in [5.41, 5.74) is 1.83. The van der Waals surface area contributed by atoms with Gasteiger partial charge in [0.25, 0.3) is 0 Å². The van der Waals surface area contributed by atoms with Crippen LogP contribution in [0.15, 0.2) is 42.9 Å². The molecule has 0 amide bonds. The summed E-state index contributed by atoms with van der Waals surface area (Å²) in [6.45, 7) is 2.38. The van der Waals surface area contributed by atoms with E-state index in [1.54, 1.807) is 10.9 Å². The number of para-hydroxylation sites is 1. The molecule has 0 saturated carbocycles. The minimum absolute atomic E-state index is 0.418. The van der Waals surface area contributed by atoms with Crippen molar-refractivity contribution in [3.05, 3.63) is 42.9 Å². The molecule has 1 aromatic carbocycles. The van der Waals surface area contributed by atoms with Crippen molar-refractivity contribution in [2.75, 3.05) is 0 Å². The quantitative estimate of drug-likeness (QED) is 0.788. The number of fused-ring (bicyclic) bond motifs is 1. The average molecular weight is 268 g/mol. The van der Waals surface area contributed by atoms with Crippen molar-refractivity contribution in [1.82, 2.24) is 19.7 Å². The molecule has 0 fully saturated rings. The summed E-state index contributed by atoms with van der Waals surface area (Å²) in [5.74, 6) is 0.738. The molecule has 0 bridgehead atoms. The van der Waals surface area contributed by atoms with Crippen molar-refractivity contribution in [1.29, 1.82) is 0 Å². The van der Waals surface area contributed by atoms with Crippen molar-refractivity contribution in [3.63, 3.8) is 0 Å². The molecule has 2 aromatic heterocycles. The van der Waals surface area contributed by atoms with Crippen LogP contribution in [0.2, 0.25) is 0 Å². The zero-order chi connectivity index (χ0) is 13.9. The Balaban J connectivity index is 2.10. The van der Waals surface area contributed by atoms with Crippen molar-refractivity contribution in [2.45, 2.75) is 26.0 Å². The summed E-state index contributed by atoms with van der Waals surface area (Å²) >= 11 is 0. The predicted molar refractivity (Wildman–Crippen MR) is 77.1 cm³/mol. The van der Waals surface area contributed by atoms with Crippen LogP contribution in [0.1, 0.15) is 13.3 Å². The van der Waals surface area contributed by atoms with Gasteiger partial charge in [-0.1, -0.05) is 25.1 Å². The van der Waals surface area contributed by atoms with Crippen LogP contribution in [0.4, 0.5) is 0 Å². The minimum atomic E-state index is -0.418. The highest BCUT2D eigenvalue weighted by Crippen LogP contribution is 2.25. The van der Waals surface area contributed by atoms with Crippen LogP contribution < -0.4 is 0 Å². The maximum absolute atomic E-state index is 9.81. The molecule has 0 aliphatic carbocycles. The Morgan fingerprint density at radius 2 is 2.05 bits per heavy atom. The van der Waals surface area contributed by atoms with E-state index in [-0.39, 0.29) is 0 Å². The zero-order valence-corrected chi connectivity index (χ0v) is 11.3. The third kappa shape index (κ3) is 2.28. The molecule has 0 spiro atoms. The fourth-order valence-electron chi connectivity index (χ4n) is 2.22. The lowest BCUT2D eigenvalue weighted by Crippen LogP contribution is -2.16. The molecule has 0 aliphatic rings. The van der Waals surface area contributed by atoms with Crippen molar-refractivity contribution < 1.29 is 5.11 Å². The van der Waals surface area contributed by atoms with E-state index < -0.39 is 6.10 Å². The average Bonchev–Trinajstić information content (AvgIpc) is 2.94. The number of hydrogen-bond acceptors (Lipinski definition) is 4. The van der Waals surface area contributed by atoms with Gasteiger partial charge in [0.1, 0.15) is 6.33 Å². The Hall–Kier alpha value is -2.27. The van der Waals surface area contributed by atoms with Crippen LogP contribution in [-0.2, 0) is 6.54 Å². The normalized spacial score (nSPS) is 12.7. The smallest absolute Gasteiger partial charge is 0.160 e. The van der Waals surface area contributed by atoms with Gasteiger partial charge >= 0.3 is 0 Å². The lowest BCUT2D eigenvalue weighted by Gasteiger charge is -2.11. The largest absolute Gasteiger partial charge is 0.391 e. The number of aliphatic hydroxyl groups is 1. The van der Waals surface area contributed by atoms with Gasteiger partial charge in [0.15, 0.2) is 5.82 Å². The monoisotopic (exact) mass is 268 g/mol. The second-order valence-electron chi connectivity index (χ2n) is 4.71. The molecule has 102 valence electrons. The van der Waals surface area contributed by atoms with Crippen LogP contribution >= 0.6 is 0 Å². The van der Waals surface area contributed by atoms with Gasteiger partial charge in [-0.15, -0.1) is 0 Å². The van der Waals surface area contributed by atoms with Crippen LogP contribution in [0.25, 0.3) is 22.3 Å². The van der Waals surface area contributed by atoms with Crippen molar-refractivity contribution in [2.24, 2.45) is 0 Å². The van der Waals surface area contributed by atoms with E-state index in [9.17, 15) is 5.11 Å². The highest BCUT2D eigenvalue weighted by atomic mass is 16.3. The fraction of sp³-hybridized carbons (Fsp3) is 0.267. The van der Waals surface area contributed by atoms with Gasteiger partial charge in [-0.2, -0.15) is 5.10 Å². The second kappa shape index (κ2) is 5.38. The first-order valence-corrected chi connectivity index (χ1v) is 6.69. The molecule has 1 atom stereocenters. The Kier molecular flexibility index (Phi) is 3.43. The molecule has 2 heterocycles. The van der Waals surface area contributed by atoms with Crippen LogP contribution in [0, 0.1) is 0 Å². The summed E-state index contributed by atoms with van der Waals surface area (Å²) in [6, 6.07) is 9.92. The summed E-state index contributed by atoms with van der Waals surface area (Å²) in [6.07, 6.45) is 3.55. The molecule has 1 N–H and O–H groups in total. The van der Waals surface area contributed by atoms with Crippen LogP contribution in [-0.4, -0.2) is 31.0 Å². The van der Waals surface area contributed by atoms with E-state index in [0.29, 0.717) is 13.0 Å². The Labute approximate surface area is 116 Å². The summed E-state index contributed by atoms with van der Waals surface area (Å²) in [4.78, 5) is 8.76. The van der Waals surface area contributed by atoms with Gasteiger partial charge in [0.2, 0.25) is 0 Å². The van der Waals surface area contributed by atoms with E-state index >= 15 is 0 Å². The molecule has 0 saturated heterocycles. The third-order valence-corrected chi connectivity index (χ3v) is 3.34. The van der Waals surface area contributed by atoms with Gasteiger partial charge in [-0.25, -0.2) is 9.67 Å². The molecule has 5 heteroatoms. The molecule has 0 radical (unpaired) electrons. The first kappa shape index (κ1) is 12.7. The second-order valence-corrected chi connectivity index (χ2v) is 4.71. The number of aromatic nitrogens is 4. The Morgan fingerprint density at radius 1 is 1.20 bits per heavy atom. The number of aliphatic hydroxyl groups excluding tert-OH is 1. The molecule has 0 unspecified atom stereocenters. The molecule has 0 aliphatic heterocycles. The van der Waals surface area contributed by atoms with Gasteiger partial charge in [0.05, 0.1) is 18.2 Å². The molecular weight excluding hydrogens is 252 g/mol. The maximum atomic E-state index is 9.81. The third-order valence-electron chi connectivity index (χ3n) is 3.34. The number of hydrogen-bond donors (Lipinski definition) is 1. The standard InChI is InChI=1S/C15H16N4O/c1-2-12(20)9-19-15(17-10-18-19)13-7-3-5-11-6-4-8-16-14(11)13/h3-8,10,12,20H,2,9H2,1H3/t12-/m0/s1. The van der Waals surface area contributed by atoms with Crippen LogP contribution in [0.3, 0.4) is 0 Å². The number of pyridine rings is 1. The Morgan fingerprint density at radius 3 is 2.90 bits per heavy atom. The molecule has 20 heavy (non-hydrogen) atoms. The van der Waals surface area contributed by atoms with Crippen molar-refractivity contribution >= 4 is 10.9 Å². The summed E-state index contributed by atoms with van der Waals surface area (Å²) in [5, 5.41) is 15.1. The maximum Gasteiger partial charge on any atom is 0.160 e. The van der Waals surface area contributed by atoms with E-state index in [4.69, 9.17) is 0 Å². The first-order chi connectivity index (χ1) is 9.79. The molecule has 5 nitrogen and oxygen atoms in total. The van der Waals surface area contributed by atoms with Gasteiger partial charge in [0, 0.05) is 17.1 Å². The van der Waals surface area contributed by atoms with E-state index in [1.807, 2.05) is 37.3 Å². The zero-order valence-electron chi connectivity index (χ0n) is 11.3.